The summed E-state index contributed by atoms with van der Waals surface area (Å²) in [6.45, 7) is 1.93. The van der Waals surface area contributed by atoms with Crippen LogP contribution in [0.5, 0.6) is 0 Å². The third-order valence-electron chi connectivity index (χ3n) is 1.22. The molecule has 96 valence electrons. The molecular weight excluding hydrogens is 312 g/mol. The SMILES string of the molecule is CC(OS(=O)(=O)OC(C)C(=O)O)C(=O)O.[CaH2].[CaH2]. The standard InChI is InChI=1S/C6H10O8S.2Ca.4H/c1-3(5(7)8)13-15(11,12)14-4(2)6(9)10;;;;;;/h3-4H,1-2H3,(H,7,8)(H,9,10);;;;;;. The third kappa shape index (κ3) is 10.9. The van der Waals surface area contributed by atoms with Crippen LogP contribution in [0.15, 0.2) is 0 Å². The predicted octanol–water partition coefficient (Wildman–Crippen LogP) is -2.62. The fraction of sp³-hybridized carbons (Fsp3) is 0.667. The molecule has 0 rings (SSSR count). The van der Waals surface area contributed by atoms with Crippen molar-refractivity contribution in [2.75, 3.05) is 0 Å². The van der Waals surface area contributed by atoms with Crippen LogP contribution in [-0.4, -0.2) is 118 Å². The van der Waals surface area contributed by atoms with Gasteiger partial charge in [-0.05, 0) is 13.8 Å². The van der Waals surface area contributed by atoms with Crippen LogP contribution in [0, 0.1) is 0 Å². The van der Waals surface area contributed by atoms with E-state index in [1.807, 2.05) is 0 Å². The van der Waals surface area contributed by atoms with E-state index in [1.54, 1.807) is 0 Å². The van der Waals surface area contributed by atoms with Crippen LogP contribution < -0.4 is 0 Å². The first-order valence-corrected chi connectivity index (χ1v) is 5.06. The fourth-order valence-corrected chi connectivity index (χ4v) is 1.38. The van der Waals surface area contributed by atoms with Gasteiger partial charge in [-0.2, -0.15) is 8.42 Å². The molecule has 0 fully saturated rings. The van der Waals surface area contributed by atoms with Crippen molar-refractivity contribution >= 4 is 97.8 Å². The molecule has 17 heavy (non-hydrogen) atoms. The quantitative estimate of drug-likeness (QED) is 0.508. The van der Waals surface area contributed by atoms with E-state index in [1.165, 1.54) is 0 Å². The summed E-state index contributed by atoms with van der Waals surface area (Å²) in [7, 11) is -4.63. The van der Waals surface area contributed by atoms with Crippen molar-refractivity contribution in [3.63, 3.8) is 0 Å². The summed E-state index contributed by atoms with van der Waals surface area (Å²) >= 11 is 0. The van der Waals surface area contributed by atoms with E-state index in [2.05, 4.69) is 8.37 Å². The second kappa shape index (κ2) is 10.2. The Balaban J connectivity index is -0.000000980. The third-order valence-corrected chi connectivity index (χ3v) is 2.27. The van der Waals surface area contributed by atoms with Crippen molar-refractivity contribution in [3.05, 3.63) is 0 Å². The summed E-state index contributed by atoms with van der Waals surface area (Å²) in [6.07, 6.45) is -3.29. The summed E-state index contributed by atoms with van der Waals surface area (Å²) in [5, 5.41) is 16.7. The molecule has 0 saturated carbocycles. The van der Waals surface area contributed by atoms with Gasteiger partial charge < -0.3 is 10.2 Å². The predicted molar refractivity (Wildman–Crippen MR) is 62.4 cm³/mol. The number of carboxylic acid groups (broad SMARTS) is 2. The number of hydrogen-bond acceptors (Lipinski definition) is 6. The van der Waals surface area contributed by atoms with E-state index in [0.29, 0.717) is 0 Å². The van der Waals surface area contributed by atoms with Crippen molar-refractivity contribution in [3.8, 4) is 0 Å². The fourth-order valence-electron chi connectivity index (χ4n) is 0.459. The van der Waals surface area contributed by atoms with Gasteiger partial charge in [-0.25, -0.2) is 18.0 Å². The number of rotatable bonds is 6. The number of carbonyl (C=O) groups is 2. The van der Waals surface area contributed by atoms with Gasteiger partial charge in [0.1, 0.15) is 0 Å². The van der Waals surface area contributed by atoms with E-state index < -0.39 is 34.5 Å². The summed E-state index contributed by atoms with van der Waals surface area (Å²) in [4.78, 5) is 20.5. The van der Waals surface area contributed by atoms with Gasteiger partial charge in [0.2, 0.25) is 0 Å². The number of aliphatic carboxylic acids is 2. The summed E-state index contributed by atoms with van der Waals surface area (Å²) in [5.41, 5.74) is 0. The Kier molecular flexibility index (Phi) is 14.0. The van der Waals surface area contributed by atoms with Gasteiger partial charge in [-0.15, -0.1) is 0 Å². The number of carboxylic acids is 2. The van der Waals surface area contributed by atoms with Crippen molar-refractivity contribution in [1.82, 2.24) is 0 Å². The van der Waals surface area contributed by atoms with Crippen LogP contribution in [0.25, 0.3) is 0 Å². The number of hydrogen-bond donors (Lipinski definition) is 2. The van der Waals surface area contributed by atoms with E-state index in [9.17, 15) is 18.0 Å². The van der Waals surface area contributed by atoms with Gasteiger partial charge in [0.25, 0.3) is 0 Å². The maximum absolute atomic E-state index is 10.9. The summed E-state index contributed by atoms with van der Waals surface area (Å²) in [5.74, 6) is -3.02. The van der Waals surface area contributed by atoms with Gasteiger partial charge in [-0.3, -0.25) is 0 Å². The molecule has 0 aromatic heterocycles. The van der Waals surface area contributed by atoms with Crippen LogP contribution >= 0.6 is 0 Å². The van der Waals surface area contributed by atoms with Gasteiger partial charge >= 0.3 is 97.8 Å². The summed E-state index contributed by atoms with van der Waals surface area (Å²) in [6, 6.07) is 0. The van der Waals surface area contributed by atoms with E-state index in [0.717, 1.165) is 13.8 Å². The van der Waals surface area contributed by atoms with Crippen LogP contribution in [0.3, 0.4) is 0 Å². The molecule has 2 atom stereocenters. The Morgan fingerprint density at radius 1 is 0.941 bits per heavy atom. The van der Waals surface area contributed by atoms with Crippen molar-refractivity contribution in [1.29, 1.82) is 0 Å². The molecule has 11 heteroatoms. The van der Waals surface area contributed by atoms with E-state index in [4.69, 9.17) is 10.2 Å². The molecule has 8 nitrogen and oxygen atoms in total. The molecule has 0 amide bonds. The van der Waals surface area contributed by atoms with Gasteiger partial charge in [0.05, 0.1) is 0 Å². The molecule has 0 bridgehead atoms. The molecule has 0 radical (unpaired) electrons. The van der Waals surface area contributed by atoms with Crippen LogP contribution in [0.4, 0.5) is 0 Å². The molecule has 0 aliphatic heterocycles. The molecular formula is C6H14Ca2O8S. The molecule has 0 aliphatic rings. The first-order chi connectivity index (χ1) is 6.65. The molecule has 2 N–H and O–H groups in total. The maximum atomic E-state index is 10.9. The van der Waals surface area contributed by atoms with Crippen LogP contribution in [0.2, 0.25) is 0 Å². The zero-order chi connectivity index (χ0) is 12.2. The Morgan fingerprint density at radius 2 is 1.18 bits per heavy atom. The molecule has 2 unspecified atom stereocenters. The van der Waals surface area contributed by atoms with Gasteiger partial charge in [0, 0.05) is 0 Å². The Hall–Kier alpha value is 1.33. The first kappa shape index (κ1) is 23.4. The first-order valence-electron chi connectivity index (χ1n) is 3.73. The second-order valence-corrected chi connectivity index (χ2v) is 3.76. The Labute approximate surface area is 158 Å². The normalized spacial score (nSPS) is 13.8. The second-order valence-electron chi connectivity index (χ2n) is 2.56. The van der Waals surface area contributed by atoms with E-state index in [-0.39, 0.29) is 75.5 Å². The van der Waals surface area contributed by atoms with Gasteiger partial charge in [-0.1, -0.05) is 0 Å². The van der Waals surface area contributed by atoms with Gasteiger partial charge in [0.15, 0.2) is 12.2 Å². The molecule has 0 aromatic rings. The van der Waals surface area contributed by atoms with Crippen molar-refractivity contribution in [2.24, 2.45) is 0 Å². The molecule has 0 spiro atoms. The molecule has 0 saturated heterocycles. The van der Waals surface area contributed by atoms with Crippen molar-refractivity contribution < 1.29 is 36.6 Å². The molecule has 0 heterocycles. The topological polar surface area (TPSA) is 127 Å². The van der Waals surface area contributed by atoms with Crippen molar-refractivity contribution in [2.45, 2.75) is 26.1 Å². The zero-order valence-corrected chi connectivity index (χ0v) is 8.72. The zero-order valence-electron chi connectivity index (χ0n) is 7.91. The average molecular weight is 326 g/mol. The van der Waals surface area contributed by atoms with Crippen LogP contribution in [0.1, 0.15) is 13.8 Å². The van der Waals surface area contributed by atoms with E-state index >= 15 is 0 Å². The molecule has 0 aromatic carbocycles. The Morgan fingerprint density at radius 3 is 1.35 bits per heavy atom. The average Bonchev–Trinajstić information content (AvgIpc) is 2.01. The summed E-state index contributed by atoms with van der Waals surface area (Å²) < 4.78 is 29.8. The minimum absolute atomic E-state index is 0. The van der Waals surface area contributed by atoms with Crippen LogP contribution in [-0.2, 0) is 28.4 Å². The Bertz CT molecular complexity index is 325. The monoisotopic (exact) mass is 326 g/mol. The minimum atomic E-state index is -4.63. The molecule has 0 aliphatic carbocycles.